The van der Waals surface area contributed by atoms with Gasteiger partial charge >= 0.3 is 0 Å². The molecule has 0 saturated heterocycles. The van der Waals surface area contributed by atoms with Crippen molar-refractivity contribution >= 4 is 33.5 Å². The summed E-state index contributed by atoms with van der Waals surface area (Å²) in [6, 6.07) is 15.9. The summed E-state index contributed by atoms with van der Waals surface area (Å²) in [5.74, 6) is 2.51. The number of hydrogen-bond acceptors (Lipinski definition) is 7. The minimum atomic E-state index is 0.823. The fourth-order valence-electron chi connectivity index (χ4n) is 2.66. The van der Waals surface area contributed by atoms with Gasteiger partial charge in [0.1, 0.15) is 38.8 Å². The third kappa shape index (κ3) is 3.74. The Balaban J connectivity index is 1.59. The molecule has 0 aliphatic rings. The molecule has 0 fully saturated rings. The van der Waals surface area contributed by atoms with Crippen LogP contribution in [0.25, 0.3) is 21.5 Å². The van der Waals surface area contributed by atoms with Crippen molar-refractivity contribution in [3.8, 4) is 22.8 Å². The second-order valence-corrected chi connectivity index (χ2v) is 7.49. The largest absolute Gasteiger partial charge is 0.497 e. The van der Waals surface area contributed by atoms with Crippen LogP contribution >= 0.6 is 23.3 Å². The maximum Gasteiger partial charge on any atom is 0.119 e. The Labute approximate surface area is 165 Å². The van der Waals surface area contributed by atoms with E-state index in [1.165, 1.54) is 17.1 Å². The highest BCUT2D eigenvalue weighted by atomic mass is 32.2. The number of ether oxygens (including phenoxy) is 2. The van der Waals surface area contributed by atoms with Crippen molar-refractivity contribution in [2.24, 2.45) is 0 Å². The topological polar surface area (TPSA) is 57.1 Å². The highest BCUT2D eigenvalue weighted by Gasteiger charge is 2.14. The number of thioether (sulfide) groups is 1. The summed E-state index contributed by atoms with van der Waals surface area (Å²) in [6.45, 7) is 0. The molecule has 2 aromatic heterocycles. The molecule has 0 radical (unpaired) electrons. The van der Waals surface area contributed by atoms with E-state index in [4.69, 9.17) is 9.47 Å². The first-order valence-corrected chi connectivity index (χ1v) is 10.0. The SMILES string of the molecule is COc1ccc(CSc2ncnc3c(-c4ccc(OC)cc4)nsc23)cc1. The van der Waals surface area contributed by atoms with Crippen LogP contribution in [0.4, 0.5) is 0 Å². The number of benzene rings is 2. The van der Waals surface area contributed by atoms with E-state index in [9.17, 15) is 0 Å². The summed E-state index contributed by atoms with van der Waals surface area (Å²) in [7, 11) is 3.33. The van der Waals surface area contributed by atoms with Crippen LogP contribution in [0.2, 0.25) is 0 Å². The van der Waals surface area contributed by atoms with Crippen LogP contribution in [-0.2, 0) is 5.75 Å². The van der Waals surface area contributed by atoms with E-state index >= 15 is 0 Å². The van der Waals surface area contributed by atoms with Crippen molar-refractivity contribution in [3.63, 3.8) is 0 Å². The predicted molar refractivity (Wildman–Crippen MR) is 110 cm³/mol. The molecular formula is C20H17N3O2S2. The Morgan fingerprint density at radius 2 is 1.56 bits per heavy atom. The maximum absolute atomic E-state index is 5.23. The summed E-state index contributed by atoms with van der Waals surface area (Å²) >= 11 is 3.13. The first kappa shape index (κ1) is 17.8. The zero-order chi connectivity index (χ0) is 18.6. The molecule has 0 N–H and O–H groups in total. The van der Waals surface area contributed by atoms with E-state index in [2.05, 4.69) is 26.5 Å². The Bertz CT molecular complexity index is 1050. The van der Waals surface area contributed by atoms with E-state index < -0.39 is 0 Å². The van der Waals surface area contributed by atoms with Crippen molar-refractivity contribution in [1.82, 2.24) is 14.3 Å². The second-order valence-electron chi connectivity index (χ2n) is 5.75. The Kier molecular flexibility index (Phi) is 5.22. The van der Waals surface area contributed by atoms with Gasteiger partial charge in [-0.25, -0.2) is 9.97 Å². The molecular weight excluding hydrogens is 378 g/mol. The number of methoxy groups -OCH3 is 2. The van der Waals surface area contributed by atoms with E-state index in [1.807, 2.05) is 36.4 Å². The molecule has 0 aliphatic carbocycles. The van der Waals surface area contributed by atoms with Crippen molar-refractivity contribution < 1.29 is 9.47 Å². The molecule has 0 amide bonds. The first-order chi connectivity index (χ1) is 13.3. The normalized spacial score (nSPS) is 10.9. The predicted octanol–water partition coefficient (Wildman–Crippen LogP) is 5.06. The Hall–Kier alpha value is -2.64. The molecule has 0 spiro atoms. The van der Waals surface area contributed by atoms with Crippen LogP contribution in [-0.4, -0.2) is 28.6 Å². The lowest BCUT2D eigenvalue weighted by atomic mass is 10.1. The lowest BCUT2D eigenvalue weighted by Gasteiger charge is -2.04. The number of fused-ring (bicyclic) bond motifs is 1. The zero-order valence-corrected chi connectivity index (χ0v) is 16.5. The van der Waals surface area contributed by atoms with Crippen LogP contribution in [0.3, 0.4) is 0 Å². The molecule has 0 aliphatic heterocycles. The van der Waals surface area contributed by atoms with Crippen molar-refractivity contribution in [1.29, 1.82) is 0 Å². The summed E-state index contributed by atoms with van der Waals surface area (Å²) in [5.41, 5.74) is 4.00. The Morgan fingerprint density at radius 1 is 0.889 bits per heavy atom. The monoisotopic (exact) mass is 395 g/mol. The van der Waals surface area contributed by atoms with Gasteiger partial charge in [0, 0.05) is 11.3 Å². The smallest absolute Gasteiger partial charge is 0.119 e. The van der Waals surface area contributed by atoms with Gasteiger partial charge in [-0.3, -0.25) is 0 Å². The fraction of sp³-hybridized carbons (Fsp3) is 0.150. The van der Waals surface area contributed by atoms with Gasteiger partial charge in [-0.05, 0) is 53.5 Å². The van der Waals surface area contributed by atoms with E-state index in [1.54, 1.807) is 32.3 Å². The lowest BCUT2D eigenvalue weighted by Crippen LogP contribution is -1.88. The zero-order valence-electron chi connectivity index (χ0n) is 14.9. The molecule has 27 heavy (non-hydrogen) atoms. The van der Waals surface area contributed by atoms with Gasteiger partial charge < -0.3 is 9.47 Å². The molecule has 4 aromatic rings. The fourth-order valence-corrected chi connectivity index (χ4v) is 4.53. The molecule has 5 nitrogen and oxygen atoms in total. The number of rotatable bonds is 6. The van der Waals surface area contributed by atoms with Crippen LogP contribution in [0.1, 0.15) is 5.56 Å². The van der Waals surface area contributed by atoms with Crippen LogP contribution in [0, 0.1) is 0 Å². The highest BCUT2D eigenvalue weighted by molar-refractivity contribution is 7.98. The van der Waals surface area contributed by atoms with E-state index in [0.717, 1.165) is 43.8 Å². The van der Waals surface area contributed by atoms with Crippen molar-refractivity contribution in [2.45, 2.75) is 10.8 Å². The molecule has 7 heteroatoms. The van der Waals surface area contributed by atoms with Gasteiger partial charge in [0.05, 0.1) is 14.2 Å². The molecule has 0 atom stereocenters. The van der Waals surface area contributed by atoms with E-state index in [0.29, 0.717) is 0 Å². The Morgan fingerprint density at radius 3 is 2.22 bits per heavy atom. The summed E-state index contributed by atoms with van der Waals surface area (Å²) in [5, 5.41) is 0.952. The molecule has 0 unspecified atom stereocenters. The first-order valence-electron chi connectivity index (χ1n) is 8.29. The van der Waals surface area contributed by atoms with Gasteiger partial charge in [-0.1, -0.05) is 12.1 Å². The minimum Gasteiger partial charge on any atom is -0.497 e. The van der Waals surface area contributed by atoms with E-state index in [-0.39, 0.29) is 0 Å². The number of aromatic nitrogens is 3. The molecule has 0 bridgehead atoms. The molecule has 136 valence electrons. The molecule has 2 heterocycles. The molecule has 0 saturated carbocycles. The quantitative estimate of drug-likeness (QED) is 0.336. The van der Waals surface area contributed by atoms with Gasteiger partial charge in [0.2, 0.25) is 0 Å². The lowest BCUT2D eigenvalue weighted by molar-refractivity contribution is 0.414. The molecule has 2 aromatic carbocycles. The van der Waals surface area contributed by atoms with Gasteiger partial charge in [-0.15, -0.1) is 11.8 Å². The van der Waals surface area contributed by atoms with Gasteiger partial charge in [0.25, 0.3) is 0 Å². The summed E-state index contributed by atoms with van der Waals surface area (Å²) in [6.07, 6.45) is 1.61. The average Bonchev–Trinajstić information content (AvgIpc) is 3.17. The van der Waals surface area contributed by atoms with Crippen molar-refractivity contribution in [3.05, 3.63) is 60.4 Å². The van der Waals surface area contributed by atoms with Crippen LogP contribution in [0.5, 0.6) is 11.5 Å². The van der Waals surface area contributed by atoms with Crippen molar-refractivity contribution in [2.75, 3.05) is 14.2 Å². The molecule has 4 rings (SSSR count). The second kappa shape index (κ2) is 7.94. The number of hydrogen-bond donors (Lipinski definition) is 0. The highest BCUT2D eigenvalue weighted by Crippen LogP contribution is 2.35. The number of nitrogens with zero attached hydrogens (tertiary/aromatic N) is 3. The van der Waals surface area contributed by atoms with Crippen LogP contribution in [0.15, 0.2) is 59.9 Å². The van der Waals surface area contributed by atoms with Gasteiger partial charge in [0.15, 0.2) is 0 Å². The maximum atomic E-state index is 5.23. The summed E-state index contributed by atoms with van der Waals surface area (Å²) < 4.78 is 16.1. The summed E-state index contributed by atoms with van der Waals surface area (Å²) in [4.78, 5) is 8.94. The third-order valence-electron chi connectivity index (χ3n) is 4.12. The average molecular weight is 396 g/mol. The van der Waals surface area contributed by atoms with Crippen LogP contribution < -0.4 is 9.47 Å². The van der Waals surface area contributed by atoms with Gasteiger partial charge in [-0.2, -0.15) is 4.37 Å². The minimum absolute atomic E-state index is 0.823. The standard InChI is InChI=1S/C20H17N3O2S2/c1-24-15-7-3-13(4-8-15)11-26-20-19-18(21-12-22-20)17(23-27-19)14-5-9-16(25-2)10-6-14/h3-10,12H,11H2,1-2H3. The third-order valence-corrected chi connectivity index (χ3v) is 6.15.